The van der Waals surface area contributed by atoms with Gasteiger partial charge in [-0.1, -0.05) is 34.1 Å². The Bertz CT molecular complexity index is 1360. The fourth-order valence-electron chi connectivity index (χ4n) is 4.35. The zero-order valence-corrected chi connectivity index (χ0v) is 24.9. The molecule has 39 heavy (non-hydrogen) atoms. The first-order valence-electron chi connectivity index (χ1n) is 12.6. The van der Waals surface area contributed by atoms with Crippen LogP contribution in [0.4, 0.5) is 19.3 Å². The van der Waals surface area contributed by atoms with Crippen molar-refractivity contribution in [1.29, 1.82) is 0 Å². The summed E-state index contributed by atoms with van der Waals surface area (Å²) in [5.74, 6) is -3.47. The molecular formula is C29H32BrF2N3O3S. The molecule has 2 atom stereocenters. The number of nitrogens with one attached hydrogen (secondary N) is 2. The van der Waals surface area contributed by atoms with Crippen molar-refractivity contribution in [3.8, 4) is 10.4 Å². The Morgan fingerprint density at radius 3 is 2.59 bits per heavy atom. The molecule has 1 saturated heterocycles. The Morgan fingerprint density at radius 2 is 1.92 bits per heavy atom. The van der Waals surface area contributed by atoms with Crippen molar-refractivity contribution >= 4 is 45.0 Å². The number of alkyl halides is 2. The summed E-state index contributed by atoms with van der Waals surface area (Å²) in [6.45, 7) is 7.81. The molecule has 2 heterocycles. The van der Waals surface area contributed by atoms with Crippen molar-refractivity contribution in [2.75, 3.05) is 18.4 Å². The number of thiophene rings is 1. The van der Waals surface area contributed by atoms with E-state index in [2.05, 4.69) is 26.6 Å². The van der Waals surface area contributed by atoms with Crippen LogP contribution in [0.25, 0.3) is 10.4 Å². The zero-order chi connectivity index (χ0) is 28.5. The number of likely N-dealkylation sites (tertiary alicyclic amines) is 1. The third-order valence-electron chi connectivity index (χ3n) is 6.41. The van der Waals surface area contributed by atoms with E-state index < -0.39 is 30.2 Å². The maximum absolute atomic E-state index is 14.8. The molecule has 0 bridgehead atoms. The number of ether oxygens (including phenoxy) is 1. The second-order valence-corrected chi connectivity index (χ2v) is 12.6. The number of rotatable bonds is 6. The van der Waals surface area contributed by atoms with Crippen LogP contribution in [-0.2, 0) is 4.74 Å². The van der Waals surface area contributed by atoms with Gasteiger partial charge >= 0.3 is 6.09 Å². The SMILES string of the molecule is Cc1ccc(N[C@H]2CN(C(=O)OC(C)(C)C)CC2(F)F)cc1C(=O)N[C@H](C)c1ccc(Br)c(-c2cccs2)c1. The molecule has 1 aliphatic rings. The lowest BCUT2D eigenvalue weighted by molar-refractivity contribution is -0.00635. The van der Waals surface area contributed by atoms with Gasteiger partial charge in [-0.3, -0.25) is 9.69 Å². The van der Waals surface area contributed by atoms with Crippen LogP contribution in [0, 0.1) is 6.92 Å². The third kappa shape index (κ3) is 6.97. The molecule has 0 unspecified atom stereocenters. The molecule has 3 aromatic rings. The first kappa shape index (κ1) is 29.0. The largest absolute Gasteiger partial charge is 0.444 e. The number of anilines is 1. The van der Waals surface area contributed by atoms with Crippen molar-refractivity contribution in [3.63, 3.8) is 0 Å². The molecule has 0 spiro atoms. The lowest BCUT2D eigenvalue weighted by Gasteiger charge is -2.24. The van der Waals surface area contributed by atoms with Crippen LogP contribution in [0.5, 0.6) is 0 Å². The minimum Gasteiger partial charge on any atom is -0.444 e. The molecule has 208 valence electrons. The van der Waals surface area contributed by atoms with E-state index in [0.717, 1.165) is 25.4 Å². The van der Waals surface area contributed by atoms with Gasteiger partial charge in [0, 0.05) is 26.2 Å². The highest BCUT2D eigenvalue weighted by molar-refractivity contribution is 9.10. The van der Waals surface area contributed by atoms with Crippen LogP contribution in [0.1, 0.15) is 55.2 Å². The van der Waals surface area contributed by atoms with Gasteiger partial charge in [0.2, 0.25) is 0 Å². The smallest absolute Gasteiger partial charge is 0.410 e. The van der Waals surface area contributed by atoms with E-state index in [9.17, 15) is 18.4 Å². The van der Waals surface area contributed by atoms with Gasteiger partial charge in [-0.15, -0.1) is 11.3 Å². The number of aryl methyl sites for hydroxylation is 1. The lowest BCUT2D eigenvalue weighted by Crippen LogP contribution is -2.38. The maximum atomic E-state index is 14.8. The van der Waals surface area contributed by atoms with E-state index >= 15 is 0 Å². The highest BCUT2D eigenvalue weighted by atomic mass is 79.9. The molecule has 0 aliphatic carbocycles. The Morgan fingerprint density at radius 1 is 1.18 bits per heavy atom. The van der Waals surface area contributed by atoms with Crippen LogP contribution in [0.2, 0.25) is 0 Å². The van der Waals surface area contributed by atoms with Gasteiger partial charge in [-0.2, -0.15) is 0 Å². The average molecular weight is 621 g/mol. The number of benzene rings is 2. The number of hydrogen-bond acceptors (Lipinski definition) is 5. The second kappa shape index (κ2) is 11.3. The molecule has 2 N–H and O–H groups in total. The molecule has 0 saturated carbocycles. The fourth-order valence-corrected chi connectivity index (χ4v) is 5.70. The van der Waals surface area contributed by atoms with Gasteiger partial charge < -0.3 is 15.4 Å². The summed E-state index contributed by atoms with van der Waals surface area (Å²) < 4.78 is 35.8. The van der Waals surface area contributed by atoms with Crippen LogP contribution >= 0.6 is 27.3 Å². The summed E-state index contributed by atoms with van der Waals surface area (Å²) in [6, 6.07) is 13.3. The Kier molecular flexibility index (Phi) is 8.37. The summed E-state index contributed by atoms with van der Waals surface area (Å²) in [5, 5.41) is 7.88. The second-order valence-electron chi connectivity index (χ2n) is 10.8. The zero-order valence-electron chi connectivity index (χ0n) is 22.5. The average Bonchev–Trinajstić information content (AvgIpc) is 3.47. The number of carbonyl (C=O) groups excluding carboxylic acids is 2. The number of carbonyl (C=O) groups is 2. The van der Waals surface area contributed by atoms with E-state index in [-0.39, 0.29) is 18.5 Å². The van der Waals surface area contributed by atoms with Gasteiger partial charge in [-0.05, 0) is 81.5 Å². The van der Waals surface area contributed by atoms with Gasteiger partial charge in [0.1, 0.15) is 11.6 Å². The van der Waals surface area contributed by atoms with E-state index in [1.165, 1.54) is 0 Å². The highest BCUT2D eigenvalue weighted by Crippen LogP contribution is 2.34. The number of hydrogen-bond donors (Lipinski definition) is 2. The van der Waals surface area contributed by atoms with Gasteiger partial charge in [0.05, 0.1) is 19.1 Å². The fraction of sp³-hybridized carbons (Fsp3) is 0.379. The van der Waals surface area contributed by atoms with Crippen molar-refractivity contribution < 1.29 is 23.1 Å². The van der Waals surface area contributed by atoms with Crippen molar-refractivity contribution in [2.45, 2.75) is 58.2 Å². The number of halogens is 3. The molecule has 10 heteroatoms. The Hall–Kier alpha value is -2.98. The Balaban J connectivity index is 1.47. The number of nitrogens with zero attached hydrogens (tertiary/aromatic N) is 1. The maximum Gasteiger partial charge on any atom is 0.410 e. The van der Waals surface area contributed by atoms with Crippen LogP contribution < -0.4 is 10.6 Å². The molecule has 2 aromatic carbocycles. The van der Waals surface area contributed by atoms with Crippen molar-refractivity contribution in [1.82, 2.24) is 10.2 Å². The monoisotopic (exact) mass is 619 g/mol. The van der Waals surface area contributed by atoms with Gasteiger partial charge in [0.25, 0.3) is 11.8 Å². The van der Waals surface area contributed by atoms with Crippen LogP contribution in [-0.4, -0.2) is 47.6 Å². The van der Waals surface area contributed by atoms with Crippen molar-refractivity contribution in [3.05, 3.63) is 75.1 Å². The molecule has 1 aliphatic heterocycles. The van der Waals surface area contributed by atoms with Crippen LogP contribution in [0.3, 0.4) is 0 Å². The first-order chi connectivity index (χ1) is 18.2. The third-order valence-corrected chi connectivity index (χ3v) is 8.01. The molecular weight excluding hydrogens is 588 g/mol. The lowest BCUT2D eigenvalue weighted by atomic mass is 10.0. The summed E-state index contributed by atoms with van der Waals surface area (Å²) in [4.78, 5) is 27.7. The standard InChI is InChI=1S/C29H32BrF2N3O3S/c1-17-8-10-20(34-25-15-35(16-29(25,31)32)27(37)38-28(3,4)5)14-21(17)26(36)33-18(2)19-9-11-23(30)22(13-19)24-7-6-12-39-24/h6-14,18,25,34H,15-16H2,1-5H3,(H,33,36)/t18-,25+/m1/s1. The summed E-state index contributed by atoms with van der Waals surface area (Å²) in [5.41, 5.74) is 2.67. The van der Waals surface area contributed by atoms with Gasteiger partial charge in [-0.25, -0.2) is 13.6 Å². The van der Waals surface area contributed by atoms with E-state index in [0.29, 0.717) is 16.8 Å². The summed E-state index contributed by atoms with van der Waals surface area (Å²) in [7, 11) is 0. The minimum absolute atomic E-state index is 0.218. The Labute approximate surface area is 239 Å². The summed E-state index contributed by atoms with van der Waals surface area (Å²) >= 11 is 5.24. The van der Waals surface area contributed by atoms with Crippen molar-refractivity contribution in [2.24, 2.45) is 0 Å². The molecule has 6 nitrogen and oxygen atoms in total. The number of amides is 2. The van der Waals surface area contributed by atoms with Gasteiger partial charge in [0.15, 0.2) is 0 Å². The minimum atomic E-state index is -3.17. The van der Waals surface area contributed by atoms with E-state index in [4.69, 9.17) is 4.74 Å². The normalized spacial score (nSPS) is 17.5. The first-order valence-corrected chi connectivity index (χ1v) is 14.3. The predicted octanol–water partition coefficient (Wildman–Crippen LogP) is 7.64. The molecule has 1 aromatic heterocycles. The summed E-state index contributed by atoms with van der Waals surface area (Å²) in [6.07, 6.45) is -0.778. The predicted molar refractivity (Wildman–Crippen MR) is 155 cm³/mol. The highest BCUT2D eigenvalue weighted by Gasteiger charge is 2.50. The molecule has 1 fully saturated rings. The molecule has 4 rings (SSSR count). The molecule has 2 amide bonds. The quantitative estimate of drug-likeness (QED) is 0.297. The van der Waals surface area contributed by atoms with Crippen LogP contribution in [0.15, 0.2) is 58.4 Å². The van der Waals surface area contributed by atoms with E-state index in [1.54, 1.807) is 57.2 Å². The van der Waals surface area contributed by atoms with E-state index in [1.807, 2.05) is 42.6 Å². The topological polar surface area (TPSA) is 70.7 Å². The molecule has 0 radical (unpaired) electrons.